The molecule has 2 aromatic carbocycles. The molecule has 2 N–H and O–H groups in total. The first-order valence-corrected chi connectivity index (χ1v) is 12.1. The highest BCUT2D eigenvalue weighted by Gasteiger charge is 2.56. The highest BCUT2D eigenvalue weighted by Crippen LogP contribution is 2.58. The summed E-state index contributed by atoms with van der Waals surface area (Å²) in [5.74, 6) is 1.63. The number of carbonyl (C=O) groups is 1. The number of aromatic nitrogens is 3. The minimum Gasteiger partial charge on any atom is -0.508 e. The van der Waals surface area contributed by atoms with Crippen molar-refractivity contribution in [2.45, 2.75) is 31.7 Å². The molecule has 180 valence electrons. The van der Waals surface area contributed by atoms with E-state index in [-0.39, 0.29) is 56.9 Å². The number of rotatable bonds is 4. The number of aromatic hydroxyl groups is 1. The number of pyridine rings is 1. The van der Waals surface area contributed by atoms with Gasteiger partial charge >= 0.3 is 0 Å². The summed E-state index contributed by atoms with van der Waals surface area (Å²) in [6.45, 7) is 3.17. The van der Waals surface area contributed by atoms with Crippen LogP contribution in [0, 0.1) is 35.8 Å². The summed E-state index contributed by atoms with van der Waals surface area (Å²) in [5.41, 5.74) is 1.06. The van der Waals surface area contributed by atoms with Crippen molar-refractivity contribution in [1.29, 1.82) is 0 Å². The van der Waals surface area contributed by atoms with Crippen molar-refractivity contribution in [3.05, 3.63) is 52.9 Å². The van der Waals surface area contributed by atoms with Crippen molar-refractivity contribution in [3.8, 4) is 29.4 Å². The molecule has 3 heterocycles. The van der Waals surface area contributed by atoms with E-state index < -0.39 is 11.6 Å². The molecule has 1 saturated heterocycles. The van der Waals surface area contributed by atoms with Crippen LogP contribution < -0.4 is 5.32 Å². The summed E-state index contributed by atoms with van der Waals surface area (Å²) in [6, 6.07) is 5.50. The van der Waals surface area contributed by atoms with Gasteiger partial charge in [0.25, 0.3) is 0 Å². The average Bonchev–Trinajstić information content (AvgIpc) is 3.73. The second kappa shape index (κ2) is 7.34. The predicted octanol–water partition coefficient (Wildman–Crippen LogP) is 4.69. The number of Topliss-reactive ketones (excluding diaryl/α,β-unsaturated/α-hetero) is 1. The zero-order valence-corrected chi connectivity index (χ0v) is 19.5. The Bertz CT molecular complexity index is 1670. The molecule has 0 radical (unpaired) electrons. The van der Waals surface area contributed by atoms with Crippen molar-refractivity contribution in [1.82, 2.24) is 20.1 Å². The fraction of sp³-hybridized carbons (Fsp3) is 0.321. The lowest BCUT2D eigenvalue weighted by molar-refractivity contribution is 0.101. The quantitative estimate of drug-likeness (QED) is 0.325. The summed E-state index contributed by atoms with van der Waals surface area (Å²) < 4.78 is 32.9. The monoisotopic (exact) mass is 484 g/mol. The number of hydrogen-bond acceptors (Lipinski definition) is 5. The van der Waals surface area contributed by atoms with Crippen molar-refractivity contribution in [2.24, 2.45) is 11.8 Å². The number of phenols is 1. The Balaban J connectivity index is 1.58. The molecule has 0 amide bonds. The van der Waals surface area contributed by atoms with Gasteiger partial charge in [-0.05, 0) is 61.4 Å². The van der Waals surface area contributed by atoms with E-state index in [1.807, 2.05) is 0 Å². The van der Waals surface area contributed by atoms with Gasteiger partial charge in [0.15, 0.2) is 11.6 Å². The lowest BCUT2D eigenvalue weighted by atomic mass is 9.95. The topological polar surface area (TPSA) is 80.0 Å². The molecule has 6 nitrogen and oxygen atoms in total. The van der Waals surface area contributed by atoms with Gasteiger partial charge in [0.2, 0.25) is 0 Å². The van der Waals surface area contributed by atoms with E-state index in [9.17, 15) is 14.3 Å². The number of piperidine rings is 1. The standard InChI is InChI=1S/C28H22F2N4O2/c1-3-16-20(29)7-4-13-8-15(36)9-17(21(13)16)26-24(30)28-23(25(32-26)12(2)35)27(33-34(28)14-5-6-14)22-18-10-31-11-19(18)22/h1,4,7-9,14,18-19,22,31,36H,5-6,10-11H2,2H3/t18-,19+,22?. The van der Waals surface area contributed by atoms with Crippen LogP contribution in [-0.4, -0.2) is 38.7 Å². The third-order valence-corrected chi connectivity index (χ3v) is 7.90. The van der Waals surface area contributed by atoms with Crippen LogP contribution in [0.2, 0.25) is 0 Å². The smallest absolute Gasteiger partial charge is 0.178 e. The lowest BCUT2D eigenvalue weighted by Gasteiger charge is -2.14. The number of halogens is 2. The minimum absolute atomic E-state index is 0.0529. The lowest BCUT2D eigenvalue weighted by Crippen LogP contribution is -2.14. The van der Waals surface area contributed by atoms with Crippen LogP contribution in [0.4, 0.5) is 8.78 Å². The fourth-order valence-electron chi connectivity index (χ4n) is 6.05. The van der Waals surface area contributed by atoms with E-state index in [2.05, 4.69) is 16.2 Å². The van der Waals surface area contributed by atoms with Crippen molar-refractivity contribution in [2.75, 3.05) is 13.1 Å². The van der Waals surface area contributed by atoms with E-state index in [1.165, 1.54) is 31.2 Å². The van der Waals surface area contributed by atoms with Gasteiger partial charge in [-0.2, -0.15) is 5.10 Å². The second-order valence-corrected chi connectivity index (χ2v) is 10.1. The normalized spacial score (nSPS) is 22.7. The molecule has 8 heteroatoms. The summed E-state index contributed by atoms with van der Waals surface area (Å²) in [6.07, 6.45) is 7.39. The molecule has 3 atom stereocenters. The van der Waals surface area contributed by atoms with E-state index in [1.54, 1.807) is 4.68 Å². The maximum atomic E-state index is 16.6. The van der Waals surface area contributed by atoms with Crippen molar-refractivity contribution >= 4 is 27.5 Å². The van der Waals surface area contributed by atoms with Crippen LogP contribution in [0.5, 0.6) is 5.75 Å². The highest BCUT2D eigenvalue weighted by atomic mass is 19.1. The first-order valence-electron chi connectivity index (χ1n) is 12.1. The number of nitrogens with zero attached hydrogens (tertiary/aromatic N) is 3. The SMILES string of the molecule is C#Cc1c(F)ccc2cc(O)cc(-c3nc(C(C)=O)c4c(C5[C@H]6CNC[C@@H]56)nn(C5CC5)c4c3F)c12. The molecule has 3 fully saturated rings. The zero-order chi connectivity index (χ0) is 24.9. The molecule has 0 bridgehead atoms. The Morgan fingerprint density at radius 2 is 1.94 bits per heavy atom. The molecule has 2 aliphatic carbocycles. The molecule has 3 aliphatic rings. The Labute approximate surface area is 205 Å². The van der Waals surface area contributed by atoms with Gasteiger partial charge in [-0.25, -0.2) is 13.8 Å². The predicted molar refractivity (Wildman–Crippen MR) is 131 cm³/mol. The van der Waals surface area contributed by atoms with Gasteiger partial charge < -0.3 is 10.4 Å². The summed E-state index contributed by atoms with van der Waals surface area (Å²) in [7, 11) is 0. The van der Waals surface area contributed by atoms with E-state index in [4.69, 9.17) is 11.5 Å². The summed E-state index contributed by atoms with van der Waals surface area (Å²) in [5, 5.41) is 19.9. The third-order valence-electron chi connectivity index (χ3n) is 7.90. The highest BCUT2D eigenvalue weighted by molar-refractivity contribution is 6.09. The molecule has 2 saturated carbocycles. The van der Waals surface area contributed by atoms with Gasteiger partial charge in [0, 0.05) is 23.8 Å². The molecular weight excluding hydrogens is 462 g/mol. The summed E-state index contributed by atoms with van der Waals surface area (Å²) >= 11 is 0. The molecule has 36 heavy (non-hydrogen) atoms. The average molecular weight is 485 g/mol. The number of benzene rings is 2. The minimum atomic E-state index is -0.649. The molecular formula is C28H22F2N4O2. The Hall–Kier alpha value is -3.83. The molecule has 1 unspecified atom stereocenters. The van der Waals surface area contributed by atoms with E-state index in [0.29, 0.717) is 22.6 Å². The van der Waals surface area contributed by atoms with Crippen LogP contribution in [0.3, 0.4) is 0 Å². The second-order valence-electron chi connectivity index (χ2n) is 10.1. The van der Waals surface area contributed by atoms with Crippen molar-refractivity contribution < 1.29 is 18.7 Å². The number of hydrogen-bond donors (Lipinski definition) is 2. The molecule has 0 spiro atoms. The number of terminal acetylenes is 1. The van der Waals surface area contributed by atoms with Gasteiger partial charge in [-0.1, -0.05) is 12.0 Å². The van der Waals surface area contributed by atoms with Crippen LogP contribution in [0.25, 0.3) is 32.9 Å². The Kier molecular flexibility index (Phi) is 4.37. The first kappa shape index (κ1) is 21.5. The molecule has 1 aliphatic heterocycles. The maximum absolute atomic E-state index is 16.6. The number of phenolic OH excluding ortho intramolecular Hbond substituents is 1. The first-order chi connectivity index (χ1) is 17.4. The van der Waals surface area contributed by atoms with Crippen molar-refractivity contribution in [3.63, 3.8) is 0 Å². The number of ketones is 1. The number of carbonyl (C=O) groups excluding carboxylic acids is 1. The fourth-order valence-corrected chi connectivity index (χ4v) is 6.05. The number of nitrogens with one attached hydrogen (secondary N) is 1. The molecule has 4 aromatic rings. The number of fused-ring (bicyclic) bond motifs is 3. The van der Waals surface area contributed by atoms with Gasteiger partial charge in [-0.3, -0.25) is 9.48 Å². The van der Waals surface area contributed by atoms with Crippen LogP contribution in [0.15, 0.2) is 24.3 Å². The van der Waals surface area contributed by atoms with Gasteiger partial charge in [0.1, 0.15) is 28.5 Å². The van der Waals surface area contributed by atoms with Crippen LogP contribution in [-0.2, 0) is 0 Å². The largest absolute Gasteiger partial charge is 0.508 e. The molecule has 2 aromatic heterocycles. The van der Waals surface area contributed by atoms with Crippen LogP contribution in [0.1, 0.15) is 53.5 Å². The Morgan fingerprint density at radius 1 is 1.19 bits per heavy atom. The van der Waals surface area contributed by atoms with Crippen LogP contribution >= 0.6 is 0 Å². The van der Waals surface area contributed by atoms with E-state index >= 15 is 4.39 Å². The summed E-state index contributed by atoms with van der Waals surface area (Å²) in [4.78, 5) is 17.5. The van der Waals surface area contributed by atoms with Gasteiger partial charge in [0.05, 0.1) is 22.7 Å². The zero-order valence-electron chi connectivity index (χ0n) is 19.5. The molecule has 7 rings (SSSR count). The third kappa shape index (κ3) is 2.89. The van der Waals surface area contributed by atoms with Gasteiger partial charge in [-0.15, -0.1) is 6.42 Å². The van der Waals surface area contributed by atoms with E-state index in [0.717, 1.165) is 31.6 Å². The Morgan fingerprint density at radius 3 is 2.61 bits per heavy atom. The maximum Gasteiger partial charge on any atom is 0.178 e.